The zero-order chi connectivity index (χ0) is 15.6. The quantitative estimate of drug-likeness (QED) is 0.911. The molecular formula is C13H17ClN2O4S. The van der Waals surface area contributed by atoms with Crippen molar-refractivity contribution in [1.29, 1.82) is 0 Å². The lowest BCUT2D eigenvalue weighted by Crippen LogP contribution is -2.44. The predicted molar refractivity (Wildman–Crippen MR) is 81.2 cm³/mol. The highest BCUT2D eigenvalue weighted by atomic mass is 35.5. The first-order valence-corrected chi connectivity index (χ1v) is 8.71. The first kappa shape index (κ1) is 16.1. The molecule has 0 aromatic heterocycles. The second-order valence-corrected chi connectivity index (χ2v) is 7.18. The van der Waals surface area contributed by atoms with E-state index in [2.05, 4.69) is 4.72 Å². The minimum absolute atomic E-state index is 0.0480. The zero-order valence-corrected chi connectivity index (χ0v) is 13.4. The van der Waals surface area contributed by atoms with Crippen molar-refractivity contribution in [2.24, 2.45) is 0 Å². The van der Waals surface area contributed by atoms with Crippen LogP contribution in [0, 0.1) is 0 Å². The maximum Gasteiger partial charge on any atom is 0.256 e. The standard InChI is InChI=1S/C13H17ClN2O4S/c1-9-8-16(5-6-20-9)13(17)11-7-10(14)3-4-12(11)15-21(2,18)19/h3-4,7,9,15H,5-6,8H2,1-2H3/t9-/m1/s1. The van der Waals surface area contributed by atoms with Crippen molar-refractivity contribution in [2.75, 3.05) is 30.7 Å². The molecular weight excluding hydrogens is 316 g/mol. The summed E-state index contributed by atoms with van der Waals surface area (Å²) in [4.78, 5) is 14.2. The molecule has 21 heavy (non-hydrogen) atoms. The molecule has 0 radical (unpaired) electrons. The van der Waals surface area contributed by atoms with E-state index in [-0.39, 0.29) is 23.3 Å². The Morgan fingerprint density at radius 3 is 2.81 bits per heavy atom. The predicted octanol–water partition coefficient (Wildman–Crippen LogP) is 1.57. The van der Waals surface area contributed by atoms with Crippen molar-refractivity contribution in [3.05, 3.63) is 28.8 Å². The molecule has 8 heteroatoms. The Labute approximate surface area is 129 Å². The molecule has 2 rings (SSSR count). The van der Waals surface area contributed by atoms with E-state index >= 15 is 0 Å². The zero-order valence-electron chi connectivity index (χ0n) is 11.8. The van der Waals surface area contributed by atoms with Crippen LogP contribution in [-0.2, 0) is 14.8 Å². The van der Waals surface area contributed by atoms with E-state index in [1.807, 2.05) is 6.92 Å². The Kier molecular flexibility index (Phi) is 4.75. The van der Waals surface area contributed by atoms with Crippen LogP contribution in [0.2, 0.25) is 5.02 Å². The lowest BCUT2D eigenvalue weighted by molar-refractivity contribution is -0.0123. The van der Waals surface area contributed by atoms with Gasteiger partial charge in [-0.2, -0.15) is 0 Å². The molecule has 0 bridgehead atoms. The molecule has 6 nitrogen and oxygen atoms in total. The van der Waals surface area contributed by atoms with Gasteiger partial charge in [-0.15, -0.1) is 0 Å². The molecule has 0 spiro atoms. The van der Waals surface area contributed by atoms with E-state index in [1.54, 1.807) is 4.90 Å². The summed E-state index contributed by atoms with van der Waals surface area (Å²) in [7, 11) is -3.48. The molecule has 116 valence electrons. The molecule has 1 aliphatic rings. The summed E-state index contributed by atoms with van der Waals surface area (Å²) in [5, 5.41) is 0.374. The number of morpholine rings is 1. The lowest BCUT2D eigenvalue weighted by Gasteiger charge is -2.31. The summed E-state index contributed by atoms with van der Waals surface area (Å²) in [6.07, 6.45) is 0.986. The fourth-order valence-electron chi connectivity index (χ4n) is 2.16. The number of anilines is 1. The third-order valence-corrected chi connectivity index (χ3v) is 3.86. The Bertz CT molecular complexity index is 648. The van der Waals surface area contributed by atoms with Gasteiger partial charge in [0.1, 0.15) is 0 Å². The van der Waals surface area contributed by atoms with Gasteiger partial charge in [0.05, 0.1) is 30.2 Å². The Morgan fingerprint density at radius 2 is 2.19 bits per heavy atom. The van der Waals surface area contributed by atoms with Gasteiger partial charge >= 0.3 is 0 Å². The van der Waals surface area contributed by atoms with Crippen LogP contribution in [0.4, 0.5) is 5.69 Å². The van der Waals surface area contributed by atoms with Crippen molar-refractivity contribution < 1.29 is 17.9 Å². The van der Waals surface area contributed by atoms with Crippen LogP contribution >= 0.6 is 11.6 Å². The molecule has 1 aromatic rings. The van der Waals surface area contributed by atoms with E-state index in [0.717, 1.165) is 6.26 Å². The SMILES string of the molecule is C[C@@H]1CN(C(=O)c2cc(Cl)ccc2NS(C)(=O)=O)CCO1. The Morgan fingerprint density at radius 1 is 1.48 bits per heavy atom. The first-order valence-electron chi connectivity index (χ1n) is 6.44. The fourth-order valence-corrected chi connectivity index (χ4v) is 2.90. The van der Waals surface area contributed by atoms with Gasteiger partial charge in [-0.1, -0.05) is 11.6 Å². The topological polar surface area (TPSA) is 75.7 Å². The number of hydrogen-bond acceptors (Lipinski definition) is 4. The highest BCUT2D eigenvalue weighted by molar-refractivity contribution is 7.92. The van der Waals surface area contributed by atoms with Gasteiger partial charge in [-0.25, -0.2) is 8.42 Å². The first-order chi connectivity index (χ1) is 9.76. The number of halogens is 1. The molecule has 1 atom stereocenters. The second-order valence-electron chi connectivity index (χ2n) is 5.00. The molecule has 0 saturated carbocycles. The number of carbonyl (C=O) groups is 1. The van der Waals surface area contributed by atoms with Gasteiger partial charge in [0.15, 0.2) is 0 Å². The number of nitrogens with one attached hydrogen (secondary N) is 1. The second kappa shape index (κ2) is 6.21. The molecule has 1 N–H and O–H groups in total. The molecule has 0 aliphatic carbocycles. The number of nitrogens with zero attached hydrogens (tertiary/aromatic N) is 1. The maximum absolute atomic E-state index is 12.6. The van der Waals surface area contributed by atoms with Crippen LogP contribution in [0.25, 0.3) is 0 Å². The van der Waals surface area contributed by atoms with Crippen molar-refractivity contribution in [3.63, 3.8) is 0 Å². The van der Waals surface area contributed by atoms with Crippen molar-refractivity contribution >= 4 is 33.2 Å². The van der Waals surface area contributed by atoms with Crippen LogP contribution in [0.1, 0.15) is 17.3 Å². The number of benzene rings is 1. The van der Waals surface area contributed by atoms with Gasteiger partial charge < -0.3 is 9.64 Å². The van der Waals surface area contributed by atoms with E-state index in [9.17, 15) is 13.2 Å². The molecule has 1 aromatic carbocycles. The molecule has 0 unspecified atom stereocenters. The summed E-state index contributed by atoms with van der Waals surface area (Å²) in [5.41, 5.74) is 0.466. The average Bonchev–Trinajstić information content (AvgIpc) is 2.38. The lowest BCUT2D eigenvalue weighted by atomic mass is 10.1. The highest BCUT2D eigenvalue weighted by Gasteiger charge is 2.25. The fraction of sp³-hybridized carbons (Fsp3) is 0.462. The number of carbonyl (C=O) groups excluding carboxylic acids is 1. The van der Waals surface area contributed by atoms with E-state index in [4.69, 9.17) is 16.3 Å². The monoisotopic (exact) mass is 332 g/mol. The number of hydrogen-bond donors (Lipinski definition) is 1. The van der Waals surface area contributed by atoms with Crippen molar-refractivity contribution in [2.45, 2.75) is 13.0 Å². The summed E-state index contributed by atoms with van der Waals surface area (Å²) in [5.74, 6) is -0.265. The van der Waals surface area contributed by atoms with Crippen LogP contribution in [0.15, 0.2) is 18.2 Å². The van der Waals surface area contributed by atoms with E-state index in [1.165, 1.54) is 18.2 Å². The number of sulfonamides is 1. The van der Waals surface area contributed by atoms with Gasteiger partial charge in [0, 0.05) is 18.1 Å². The summed E-state index contributed by atoms with van der Waals surface area (Å²) in [6.45, 7) is 3.27. The third kappa shape index (κ3) is 4.33. The van der Waals surface area contributed by atoms with Crippen LogP contribution in [0.5, 0.6) is 0 Å². The maximum atomic E-state index is 12.6. The van der Waals surface area contributed by atoms with Crippen molar-refractivity contribution in [3.8, 4) is 0 Å². The van der Waals surface area contributed by atoms with E-state index < -0.39 is 10.0 Å². The summed E-state index contributed by atoms with van der Waals surface area (Å²) in [6, 6.07) is 4.49. The van der Waals surface area contributed by atoms with Crippen LogP contribution < -0.4 is 4.72 Å². The smallest absolute Gasteiger partial charge is 0.256 e. The van der Waals surface area contributed by atoms with Gasteiger partial charge in [0.25, 0.3) is 5.91 Å². The third-order valence-electron chi connectivity index (χ3n) is 3.04. The molecule has 1 aliphatic heterocycles. The minimum Gasteiger partial charge on any atom is -0.375 e. The largest absolute Gasteiger partial charge is 0.375 e. The number of ether oxygens (including phenoxy) is 1. The van der Waals surface area contributed by atoms with Crippen molar-refractivity contribution in [1.82, 2.24) is 4.90 Å². The molecule has 1 saturated heterocycles. The molecule has 1 fully saturated rings. The van der Waals surface area contributed by atoms with E-state index in [0.29, 0.717) is 24.7 Å². The van der Waals surface area contributed by atoms with Gasteiger partial charge in [-0.05, 0) is 25.1 Å². The highest BCUT2D eigenvalue weighted by Crippen LogP contribution is 2.24. The average molecular weight is 333 g/mol. The van der Waals surface area contributed by atoms with Gasteiger partial charge in [0.2, 0.25) is 10.0 Å². The summed E-state index contributed by atoms with van der Waals surface area (Å²) < 4.78 is 30.5. The number of amides is 1. The van der Waals surface area contributed by atoms with Crippen LogP contribution in [-0.4, -0.2) is 51.3 Å². The summed E-state index contributed by atoms with van der Waals surface area (Å²) >= 11 is 5.93. The molecule has 1 heterocycles. The normalized spacial score (nSPS) is 19.4. The molecule has 1 amide bonds. The Balaban J connectivity index is 2.32. The minimum atomic E-state index is -3.48. The van der Waals surface area contributed by atoms with Crippen LogP contribution in [0.3, 0.4) is 0 Å². The Hall–Kier alpha value is -1.31. The van der Waals surface area contributed by atoms with Gasteiger partial charge in [-0.3, -0.25) is 9.52 Å². The number of rotatable bonds is 3.